The molecule has 1 aliphatic rings. The number of likely N-dealkylation sites (N-methyl/N-ethyl adjacent to an activating group) is 1. The SMILES string of the molecule is COc1ccccc1NS(=O)(=O)c1ccc2c(c1)N(C)C(=O)CO2. The van der Waals surface area contributed by atoms with Gasteiger partial charge in [-0.1, -0.05) is 12.1 Å². The van der Waals surface area contributed by atoms with Crippen LogP contribution in [0.15, 0.2) is 47.4 Å². The smallest absolute Gasteiger partial charge is 0.264 e. The highest BCUT2D eigenvalue weighted by molar-refractivity contribution is 7.92. The summed E-state index contributed by atoms with van der Waals surface area (Å²) in [5.41, 5.74) is 0.743. The van der Waals surface area contributed by atoms with Gasteiger partial charge in [0.1, 0.15) is 11.5 Å². The molecule has 0 unspecified atom stereocenters. The van der Waals surface area contributed by atoms with E-state index in [1.807, 2.05) is 0 Å². The summed E-state index contributed by atoms with van der Waals surface area (Å²) in [6.07, 6.45) is 0. The number of anilines is 2. The Hall–Kier alpha value is -2.74. The number of methoxy groups -OCH3 is 1. The molecule has 0 aliphatic carbocycles. The van der Waals surface area contributed by atoms with Crippen LogP contribution in [0.4, 0.5) is 11.4 Å². The number of hydrogen-bond donors (Lipinski definition) is 1. The molecule has 24 heavy (non-hydrogen) atoms. The van der Waals surface area contributed by atoms with E-state index < -0.39 is 10.0 Å². The first kappa shape index (κ1) is 16.1. The van der Waals surface area contributed by atoms with Gasteiger partial charge < -0.3 is 14.4 Å². The van der Waals surface area contributed by atoms with Gasteiger partial charge in [0.05, 0.1) is 23.4 Å². The Bertz CT molecular complexity index is 895. The molecule has 0 saturated carbocycles. The van der Waals surface area contributed by atoms with Gasteiger partial charge in [-0.05, 0) is 30.3 Å². The molecule has 1 amide bonds. The number of nitrogens with one attached hydrogen (secondary N) is 1. The molecular weight excluding hydrogens is 332 g/mol. The topological polar surface area (TPSA) is 84.9 Å². The molecule has 3 rings (SSSR count). The largest absolute Gasteiger partial charge is 0.495 e. The fourth-order valence-corrected chi connectivity index (χ4v) is 3.44. The van der Waals surface area contributed by atoms with Crippen molar-refractivity contribution in [2.45, 2.75) is 4.90 Å². The van der Waals surface area contributed by atoms with E-state index in [-0.39, 0.29) is 17.4 Å². The minimum absolute atomic E-state index is 0.0253. The van der Waals surface area contributed by atoms with Crippen molar-refractivity contribution in [3.8, 4) is 11.5 Å². The number of ether oxygens (including phenoxy) is 2. The number of para-hydroxylation sites is 2. The van der Waals surface area contributed by atoms with Gasteiger partial charge in [-0.2, -0.15) is 0 Å². The van der Waals surface area contributed by atoms with Gasteiger partial charge >= 0.3 is 0 Å². The molecule has 8 heteroatoms. The normalized spacial score (nSPS) is 13.9. The van der Waals surface area contributed by atoms with E-state index in [2.05, 4.69) is 4.72 Å². The summed E-state index contributed by atoms with van der Waals surface area (Å²) in [5.74, 6) is 0.637. The molecule has 7 nitrogen and oxygen atoms in total. The van der Waals surface area contributed by atoms with Crippen molar-refractivity contribution in [3.63, 3.8) is 0 Å². The maximum Gasteiger partial charge on any atom is 0.264 e. The lowest BCUT2D eigenvalue weighted by molar-refractivity contribution is -0.120. The van der Waals surface area contributed by atoms with Gasteiger partial charge in [0, 0.05) is 7.05 Å². The molecule has 2 aromatic carbocycles. The summed E-state index contributed by atoms with van der Waals surface area (Å²) < 4.78 is 38.2. The fourth-order valence-electron chi connectivity index (χ4n) is 2.35. The molecule has 126 valence electrons. The Morgan fingerprint density at radius 3 is 2.71 bits per heavy atom. The van der Waals surface area contributed by atoms with E-state index in [0.717, 1.165) is 0 Å². The number of sulfonamides is 1. The van der Waals surface area contributed by atoms with Crippen LogP contribution in [0.3, 0.4) is 0 Å². The van der Waals surface area contributed by atoms with E-state index in [9.17, 15) is 13.2 Å². The predicted molar refractivity (Wildman–Crippen MR) is 89.1 cm³/mol. The first-order valence-electron chi connectivity index (χ1n) is 7.11. The Kier molecular flexibility index (Phi) is 4.06. The van der Waals surface area contributed by atoms with Crippen LogP contribution in [0.1, 0.15) is 0 Å². The second-order valence-electron chi connectivity index (χ2n) is 5.18. The van der Waals surface area contributed by atoms with Crippen LogP contribution >= 0.6 is 0 Å². The van der Waals surface area contributed by atoms with Gasteiger partial charge in [0.25, 0.3) is 15.9 Å². The number of amides is 1. The lowest BCUT2D eigenvalue weighted by Gasteiger charge is -2.26. The van der Waals surface area contributed by atoms with Crippen molar-refractivity contribution >= 4 is 27.3 Å². The zero-order chi connectivity index (χ0) is 17.3. The molecule has 0 bridgehead atoms. The van der Waals surface area contributed by atoms with Crippen molar-refractivity contribution in [1.29, 1.82) is 0 Å². The quantitative estimate of drug-likeness (QED) is 0.911. The fraction of sp³-hybridized carbons (Fsp3) is 0.188. The Labute approximate surface area is 139 Å². The molecule has 1 heterocycles. The Morgan fingerprint density at radius 2 is 1.96 bits per heavy atom. The van der Waals surface area contributed by atoms with E-state index >= 15 is 0 Å². The van der Waals surface area contributed by atoms with E-state index in [4.69, 9.17) is 9.47 Å². The molecule has 0 saturated heterocycles. The van der Waals surface area contributed by atoms with Crippen molar-refractivity contribution in [2.24, 2.45) is 0 Å². The van der Waals surface area contributed by atoms with Crippen molar-refractivity contribution in [3.05, 3.63) is 42.5 Å². The van der Waals surface area contributed by atoms with E-state index in [1.54, 1.807) is 31.3 Å². The lowest BCUT2D eigenvalue weighted by atomic mass is 10.2. The van der Waals surface area contributed by atoms with Crippen LogP contribution in [0.5, 0.6) is 11.5 Å². The van der Waals surface area contributed by atoms with E-state index in [1.165, 1.54) is 30.2 Å². The first-order chi connectivity index (χ1) is 11.4. The van der Waals surface area contributed by atoms with Gasteiger partial charge in [-0.3, -0.25) is 9.52 Å². The molecule has 1 aliphatic heterocycles. The molecule has 0 fully saturated rings. The van der Waals surface area contributed by atoms with Gasteiger partial charge in [0.2, 0.25) is 0 Å². The first-order valence-corrected chi connectivity index (χ1v) is 8.60. The Balaban J connectivity index is 1.97. The molecule has 0 aromatic heterocycles. The minimum atomic E-state index is -3.84. The summed E-state index contributed by atoms with van der Waals surface area (Å²) in [6, 6.07) is 11.1. The number of nitrogens with zero attached hydrogens (tertiary/aromatic N) is 1. The van der Waals surface area contributed by atoms with Crippen LogP contribution in [0.2, 0.25) is 0 Å². The summed E-state index contributed by atoms with van der Waals surface area (Å²) in [4.78, 5) is 13.1. The van der Waals surface area contributed by atoms with Crippen molar-refractivity contribution in [1.82, 2.24) is 0 Å². The van der Waals surface area contributed by atoms with E-state index in [0.29, 0.717) is 22.9 Å². The summed E-state index contributed by atoms with van der Waals surface area (Å²) in [6.45, 7) is -0.0605. The third-order valence-electron chi connectivity index (χ3n) is 3.68. The number of fused-ring (bicyclic) bond motifs is 1. The maximum absolute atomic E-state index is 12.6. The molecule has 2 aromatic rings. The summed E-state index contributed by atoms with van der Waals surface area (Å²) in [7, 11) is -0.804. The highest BCUT2D eigenvalue weighted by Gasteiger charge is 2.25. The van der Waals surface area contributed by atoms with Crippen LogP contribution < -0.4 is 19.1 Å². The number of hydrogen-bond acceptors (Lipinski definition) is 5. The van der Waals surface area contributed by atoms with Crippen molar-refractivity contribution in [2.75, 3.05) is 30.4 Å². The zero-order valence-corrected chi connectivity index (χ0v) is 14.0. The van der Waals surface area contributed by atoms with Gasteiger partial charge in [-0.25, -0.2) is 8.42 Å². The monoisotopic (exact) mass is 348 g/mol. The molecule has 0 atom stereocenters. The third kappa shape index (κ3) is 2.88. The lowest BCUT2D eigenvalue weighted by Crippen LogP contribution is -2.35. The predicted octanol–water partition coefficient (Wildman–Crippen LogP) is 1.85. The number of carbonyl (C=O) groups is 1. The number of carbonyl (C=O) groups excluding carboxylic acids is 1. The molecular formula is C16H16N2O5S. The number of rotatable bonds is 4. The second-order valence-corrected chi connectivity index (χ2v) is 6.86. The summed E-state index contributed by atoms with van der Waals surface area (Å²) >= 11 is 0. The highest BCUT2D eigenvalue weighted by atomic mass is 32.2. The van der Waals surface area contributed by atoms with Crippen molar-refractivity contribution < 1.29 is 22.7 Å². The average molecular weight is 348 g/mol. The molecule has 0 radical (unpaired) electrons. The van der Waals surface area contributed by atoms with Crippen LogP contribution in [0, 0.1) is 0 Å². The van der Waals surface area contributed by atoms with Gasteiger partial charge in [-0.15, -0.1) is 0 Å². The maximum atomic E-state index is 12.6. The molecule has 0 spiro atoms. The Morgan fingerprint density at radius 1 is 1.21 bits per heavy atom. The average Bonchev–Trinajstić information content (AvgIpc) is 2.58. The van der Waals surface area contributed by atoms with Gasteiger partial charge in [0.15, 0.2) is 6.61 Å². The van der Waals surface area contributed by atoms with Crippen LogP contribution in [0.25, 0.3) is 0 Å². The highest BCUT2D eigenvalue weighted by Crippen LogP contribution is 2.34. The number of benzene rings is 2. The minimum Gasteiger partial charge on any atom is -0.495 e. The van der Waals surface area contributed by atoms with Crippen LogP contribution in [-0.2, 0) is 14.8 Å². The van der Waals surface area contributed by atoms with Crippen LogP contribution in [-0.4, -0.2) is 35.1 Å². The standard InChI is InChI=1S/C16H16N2O5S/c1-18-13-9-11(7-8-15(13)23-10-16(18)19)24(20,21)17-12-5-3-4-6-14(12)22-2/h3-9,17H,10H2,1-2H3. The summed E-state index contributed by atoms with van der Waals surface area (Å²) in [5, 5.41) is 0. The third-order valence-corrected chi connectivity index (χ3v) is 5.04. The second kappa shape index (κ2) is 6.04. The zero-order valence-electron chi connectivity index (χ0n) is 13.1. The molecule has 1 N–H and O–H groups in total.